The topological polar surface area (TPSA) is 27.7 Å². The zero-order chi connectivity index (χ0) is 16.7. The van der Waals surface area contributed by atoms with Gasteiger partial charge in [0.15, 0.2) is 0 Å². The Morgan fingerprint density at radius 1 is 0.625 bits per heavy atom. The minimum atomic E-state index is -3.15. The van der Waals surface area contributed by atoms with E-state index in [2.05, 4.69) is 0 Å². The summed E-state index contributed by atoms with van der Waals surface area (Å²) in [6.07, 6.45) is 0. The van der Waals surface area contributed by atoms with E-state index in [1.807, 2.05) is 97.9 Å². The molecule has 24 heavy (non-hydrogen) atoms. The first-order valence-corrected chi connectivity index (χ1v) is 9.72. The van der Waals surface area contributed by atoms with Crippen molar-refractivity contribution in [2.75, 3.05) is 6.61 Å². The molecule has 0 N–H and O–H groups in total. The third-order valence-electron chi connectivity index (χ3n) is 3.45. The van der Waals surface area contributed by atoms with Crippen molar-refractivity contribution >= 4 is 13.2 Å². The summed E-state index contributed by atoms with van der Waals surface area (Å²) in [5, 5.41) is 0.930. The van der Waals surface area contributed by atoms with Gasteiger partial charge in [-0.3, -0.25) is 0 Å². The molecule has 0 saturated carbocycles. The van der Waals surface area contributed by atoms with E-state index in [1.165, 1.54) is 0 Å². The Bertz CT molecular complexity index is 691. The predicted octanol–water partition coefficient (Wildman–Crippen LogP) is 5.00. The predicted molar refractivity (Wildman–Crippen MR) is 100 cm³/mol. The van der Waals surface area contributed by atoms with Crippen molar-refractivity contribution in [3.05, 3.63) is 91.0 Å². The summed E-state index contributed by atoms with van der Waals surface area (Å²) >= 11 is 0. The van der Waals surface area contributed by atoms with E-state index >= 15 is 0 Å². The van der Waals surface area contributed by atoms with E-state index in [9.17, 15) is 0 Å². The molecule has 3 nitrogen and oxygen atoms in total. The van der Waals surface area contributed by atoms with Gasteiger partial charge in [-0.25, -0.2) is 0 Å². The molecule has 0 aliphatic rings. The van der Waals surface area contributed by atoms with Gasteiger partial charge in [0, 0.05) is 0 Å². The average molecular weight is 340 g/mol. The molecular formula is C20H21O3P. The summed E-state index contributed by atoms with van der Waals surface area (Å²) in [6.45, 7) is 2.45. The summed E-state index contributed by atoms with van der Waals surface area (Å²) in [5.41, 5.74) is 0. The third kappa shape index (κ3) is 3.94. The fourth-order valence-electron chi connectivity index (χ4n) is 2.40. The molecule has 0 aromatic heterocycles. The van der Waals surface area contributed by atoms with E-state index < -0.39 is 7.94 Å². The van der Waals surface area contributed by atoms with Gasteiger partial charge in [-0.05, 0) is 0 Å². The number of hydrogen-bond acceptors (Lipinski definition) is 3. The van der Waals surface area contributed by atoms with Crippen molar-refractivity contribution in [2.45, 2.75) is 6.92 Å². The third-order valence-corrected chi connectivity index (χ3v) is 6.17. The van der Waals surface area contributed by atoms with Crippen molar-refractivity contribution in [3.8, 4) is 11.5 Å². The number of benzene rings is 3. The molecule has 3 aromatic carbocycles. The van der Waals surface area contributed by atoms with Crippen LogP contribution in [0.4, 0.5) is 0 Å². The van der Waals surface area contributed by atoms with Gasteiger partial charge < -0.3 is 0 Å². The quantitative estimate of drug-likeness (QED) is 0.566. The number of rotatable bonds is 7. The maximum atomic E-state index is 6.33. The Labute approximate surface area is 143 Å². The van der Waals surface area contributed by atoms with Gasteiger partial charge >= 0.3 is 143 Å². The van der Waals surface area contributed by atoms with Crippen molar-refractivity contribution in [1.29, 1.82) is 0 Å². The summed E-state index contributed by atoms with van der Waals surface area (Å²) in [7, 11) is -3.15. The first-order chi connectivity index (χ1) is 11.8. The molecule has 3 rings (SSSR count). The van der Waals surface area contributed by atoms with Crippen LogP contribution in [0.5, 0.6) is 11.5 Å². The molecule has 0 fully saturated rings. The van der Waals surface area contributed by atoms with Crippen LogP contribution >= 0.6 is 7.94 Å². The molecule has 0 radical (unpaired) electrons. The molecule has 0 aliphatic heterocycles. The Kier molecular flexibility index (Phi) is 5.47. The van der Waals surface area contributed by atoms with Gasteiger partial charge in [0.05, 0.1) is 0 Å². The molecule has 0 unspecified atom stereocenters. The second-order valence-corrected chi connectivity index (χ2v) is 7.57. The van der Waals surface area contributed by atoms with Crippen LogP contribution in [0.1, 0.15) is 6.92 Å². The van der Waals surface area contributed by atoms with E-state index in [0.717, 1.165) is 16.8 Å². The Hall–Kier alpha value is -2.35. The number of hydrogen-bond donors (Lipinski definition) is 0. The van der Waals surface area contributed by atoms with E-state index in [1.54, 1.807) is 0 Å². The molecule has 0 spiro atoms. The number of para-hydroxylation sites is 2. The van der Waals surface area contributed by atoms with Gasteiger partial charge in [0.2, 0.25) is 0 Å². The Morgan fingerprint density at radius 2 is 1.04 bits per heavy atom. The van der Waals surface area contributed by atoms with Crippen LogP contribution in [0.2, 0.25) is 0 Å². The van der Waals surface area contributed by atoms with Gasteiger partial charge in [-0.1, -0.05) is 0 Å². The molecule has 4 heteroatoms. The van der Waals surface area contributed by atoms with Crippen LogP contribution in [0, 0.1) is 0 Å². The van der Waals surface area contributed by atoms with Crippen molar-refractivity contribution in [3.63, 3.8) is 0 Å². The molecule has 0 heterocycles. The molecule has 0 bridgehead atoms. The zero-order valence-electron chi connectivity index (χ0n) is 13.6. The van der Waals surface area contributed by atoms with Crippen LogP contribution < -0.4 is 14.4 Å². The average Bonchev–Trinajstić information content (AvgIpc) is 2.64. The van der Waals surface area contributed by atoms with Gasteiger partial charge in [0.25, 0.3) is 0 Å². The van der Waals surface area contributed by atoms with Crippen molar-refractivity contribution in [1.82, 2.24) is 0 Å². The molecule has 3 aromatic rings. The van der Waals surface area contributed by atoms with E-state index in [4.69, 9.17) is 13.6 Å². The second-order valence-electron chi connectivity index (χ2n) is 5.19. The molecule has 0 amide bonds. The van der Waals surface area contributed by atoms with Crippen LogP contribution in [0.25, 0.3) is 0 Å². The van der Waals surface area contributed by atoms with Gasteiger partial charge in [0.1, 0.15) is 0 Å². The van der Waals surface area contributed by atoms with Crippen LogP contribution in [-0.4, -0.2) is 6.61 Å². The van der Waals surface area contributed by atoms with Crippen molar-refractivity contribution < 1.29 is 13.6 Å². The zero-order valence-corrected chi connectivity index (χ0v) is 14.6. The van der Waals surface area contributed by atoms with Crippen LogP contribution in [0.15, 0.2) is 91.0 Å². The maximum absolute atomic E-state index is 6.33. The Morgan fingerprint density at radius 3 is 1.46 bits per heavy atom. The molecule has 0 aliphatic carbocycles. The first-order valence-electron chi connectivity index (χ1n) is 8.00. The van der Waals surface area contributed by atoms with E-state index in [0.29, 0.717) is 6.61 Å². The minimum absolute atomic E-state index is 0.501. The summed E-state index contributed by atoms with van der Waals surface area (Å²) in [6, 6.07) is 29.2. The van der Waals surface area contributed by atoms with Gasteiger partial charge in [-0.15, -0.1) is 0 Å². The van der Waals surface area contributed by atoms with Crippen molar-refractivity contribution in [2.24, 2.45) is 0 Å². The van der Waals surface area contributed by atoms with Crippen LogP contribution in [0.3, 0.4) is 0 Å². The molecule has 124 valence electrons. The summed E-state index contributed by atoms with van der Waals surface area (Å²) in [4.78, 5) is 0. The summed E-state index contributed by atoms with van der Waals surface area (Å²) < 4.78 is 18.8. The van der Waals surface area contributed by atoms with E-state index in [-0.39, 0.29) is 0 Å². The summed E-state index contributed by atoms with van der Waals surface area (Å²) in [5.74, 6) is 1.47. The fraction of sp³-hybridized carbons (Fsp3) is 0.100. The first kappa shape index (κ1) is 16.5. The Balaban J connectivity index is 2.02. The standard InChI is InChI=1S/C20H21O3P/c1-2-21-24(20-16-10-5-11-17-20,22-18-12-6-3-7-13-18)23-19-14-8-4-9-15-19/h3-17,24H,2H2,1H3. The van der Waals surface area contributed by atoms with Gasteiger partial charge in [-0.2, -0.15) is 0 Å². The normalized spacial score (nSPS) is 11.7. The SMILES string of the molecule is CCO[PH](Oc1ccccc1)(Oc1ccccc1)c1ccccc1. The van der Waals surface area contributed by atoms with Crippen LogP contribution in [-0.2, 0) is 4.52 Å². The molecular weight excluding hydrogens is 319 g/mol. The molecule has 0 saturated heterocycles. The monoisotopic (exact) mass is 340 g/mol. The fourth-order valence-corrected chi connectivity index (χ4v) is 4.84. The molecule has 0 atom stereocenters. The second kappa shape index (κ2) is 7.96.